The van der Waals surface area contributed by atoms with Gasteiger partial charge in [0, 0.05) is 12.3 Å². The highest BCUT2D eigenvalue weighted by Crippen LogP contribution is 2.47. The van der Waals surface area contributed by atoms with Gasteiger partial charge in [0.25, 0.3) is 10.0 Å². The van der Waals surface area contributed by atoms with E-state index in [4.69, 9.17) is 9.47 Å². The molecule has 2 N–H and O–H groups in total. The Hall–Kier alpha value is -3.31. The molecule has 0 aliphatic heterocycles. The summed E-state index contributed by atoms with van der Waals surface area (Å²) in [6.45, 7) is 6.45. The van der Waals surface area contributed by atoms with Crippen LogP contribution >= 0.6 is 0 Å². The van der Waals surface area contributed by atoms with Gasteiger partial charge in [0.05, 0.1) is 35.3 Å². The van der Waals surface area contributed by atoms with Crippen LogP contribution in [0.15, 0.2) is 58.5 Å². The lowest BCUT2D eigenvalue weighted by atomic mass is 9.61. The van der Waals surface area contributed by atoms with Crippen LogP contribution in [0.25, 0.3) is 0 Å². The molecule has 2 aromatic carbocycles. The summed E-state index contributed by atoms with van der Waals surface area (Å²) in [6, 6.07) is 11.2. The van der Waals surface area contributed by atoms with Gasteiger partial charge in [0.15, 0.2) is 0 Å². The van der Waals surface area contributed by atoms with Gasteiger partial charge in [-0.15, -0.1) is 0 Å². The number of esters is 2. The molecule has 9 nitrogen and oxygen atoms in total. The Bertz CT molecular complexity index is 1260. The van der Waals surface area contributed by atoms with Gasteiger partial charge in [-0.3, -0.25) is 9.59 Å². The maximum atomic E-state index is 13.7. The average Bonchev–Trinajstić information content (AvgIpc) is 2.83. The van der Waals surface area contributed by atoms with Crippen LogP contribution in [-0.4, -0.2) is 50.0 Å². The van der Waals surface area contributed by atoms with E-state index in [1.165, 1.54) is 43.3 Å². The molecule has 0 aromatic heterocycles. The number of aliphatic hydroxyl groups is 1. The summed E-state index contributed by atoms with van der Waals surface area (Å²) in [5.74, 6) is -5.65. The molecule has 0 heterocycles. The van der Waals surface area contributed by atoms with Gasteiger partial charge >= 0.3 is 11.9 Å². The highest BCUT2D eigenvalue weighted by atomic mass is 32.2. The standard InChI is InChI=1S/C26H31FN2O7S/c1-5-35-24(30)22-20(28-29-37(33,34)19-13-7-16(3)8-14-19)15-26(4,32)23(25(31)36-6-2)21(22)17-9-11-18(27)12-10-17/h7-14,21-23,29,32H,5-6,15H2,1-4H3. The lowest BCUT2D eigenvalue weighted by Gasteiger charge is -2.45. The minimum atomic E-state index is -4.11. The molecule has 1 aliphatic rings. The van der Waals surface area contributed by atoms with Gasteiger partial charge in [-0.25, -0.2) is 9.22 Å². The van der Waals surface area contributed by atoms with Crippen molar-refractivity contribution in [3.63, 3.8) is 0 Å². The van der Waals surface area contributed by atoms with Crippen LogP contribution in [0.5, 0.6) is 0 Å². The number of aryl methyl sites for hydroxylation is 1. The zero-order valence-corrected chi connectivity index (χ0v) is 21.9. The first-order valence-electron chi connectivity index (χ1n) is 11.9. The van der Waals surface area contributed by atoms with E-state index in [1.807, 2.05) is 6.92 Å². The molecular weight excluding hydrogens is 503 g/mol. The number of carbonyl (C=O) groups excluding carboxylic acids is 2. The number of hydrazone groups is 1. The van der Waals surface area contributed by atoms with Crippen LogP contribution in [0.3, 0.4) is 0 Å². The summed E-state index contributed by atoms with van der Waals surface area (Å²) in [4.78, 5) is 28.4. The fourth-order valence-electron chi connectivity index (χ4n) is 4.59. The van der Waals surface area contributed by atoms with E-state index in [0.29, 0.717) is 5.56 Å². The summed E-state index contributed by atoms with van der Waals surface area (Å²) < 4.78 is 50.0. The third-order valence-electron chi connectivity index (χ3n) is 6.26. The molecule has 0 bridgehead atoms. The molecule has 0 saturated heterocycles. The topological polar surface area (TPSA) is 131 Å². The molecule has 200 valence electrons. The highest BCUT2D eigenvalue weighted by Gasteiger charge is 2.56. The Morgan fingerprint density at radius 3 is 2.19 bits per heavy atom. The Labute approximate surface area is 215 Å². The van der Waals surface area contributed by atoms with E-state index < -0.39 is 51.1 Å². The Balaban J connectivity index is 2.15. The Morgan fingerprint density at radius 1 is 1.05 bits per heavy atom. The van der Waals surface area contributed by atoms with Crippen LogP contribution in [-0.2, 0) is 29.1 Å². The van der Waals surface area contributed by atoms with Gasteiger partial charge in [0.2, 0.25) is 0 Å². The quantitative estimate of drug-likeness (QED) is 0.393. The third kappa shape index (κ3) is 6.34. The Kier molecular flexibility index (Phi) is 8.70. The number of hydrogen-bond acceptors (Lipinski definition) is 8. The van der Waals surface area contributed by atoms with Gasteiger partial charge in [0.1, 0.15) is 11.7 Å². The number of rotatable bonds is 8. The van der Waals surface area contributed by atoms with Crippen LogP contribution in [0.2, 0.25) is 0 Å². The maximum Gasteiger partial charge on any atom is 0.315 e. The molecule has 1 aliphatic carbocycles. The van der Waals surface area contributed by atoms with E-state index in [2.05, 4.69) is 9.93 Å². The number of hydrogen-bond donors (Lipinski definition) is 2. The van der Waals surface area contributed by atoms with Crippen molar-refractivity contribution >= 4 is 27.7 Å². The predicted octanol–water partition coefficient (Wildman–Crippen LogP) is 3.07. The summed E-state index contributed by atoms with van der Waals surface area (Å²) in [5, 5.41) is 15.5. The number of carbonyl (C=O) groups is 2. The second kappa shape index (κ2) is 11.4. The first kappa shape index (κ1) is 28.3. The first-order chi connectivity index (χ1) is 17.4. The smallest absolute Gasteiger partial charge is 0.315 e. The molecule has 11 heteroatoms. The minimum absolute atomic E-state index is 0.00824. The molecule has 37 heavy (non-hydrogen) atoms. The van der Waals surface area contributed by atoms with E-state index >= 15 is 0 Å². The second-order valence-corrected chi connectivity index (χ2v) is 10.7. The van der Waals surface area contributed by atoms with Crippen molar-refractivity contribution in [1.82, 2.24) is 4.83 Å². The number of halogens is 1. The zero-order chi connectivity index (χ0) is 27.4. The third-order valence-corrected chi connectivity index (χ3v) is 7.49. The van der Waals surface area contributed by atoms with Crippen molar-refractivity contribution < 1.29 is 37.0 Å². The molecule has 2 aromatic rings. The van der Waals surface area contributed by atoms with Crippen LogP contribution in [0, 0.1) is 24.6 Å². The summed E-state index contributed by atoms with van der Waals surface area (Å²) in [6.07, 6.45) is -0.325. The van der Waals surface area contributed by atoms with Crippen molar-refractivity contribution in [3.8, 4) is 0 Å². The number of nitrogens with one attached hydrogen (secondary N) is 1. The van der Waals surface area contributed by atoms with Crippen molar-refractivity contribution in [3.05, 3.63) is 65.5 Å². The predicted molar refractivity (Wildman–Crippen MR) is 134 cm³/mol. The lowest BCUT2D eigenvalue weighted by Crippen LogP contribution is -2.55. The average molecular weight is 535 g/mol. The van der Waals surface area contributed by atoms with Crippen LogP contribution < -0.4 is 4.83 Å². The fourth-order valence-corrected chi connectivity index (χ4v) is 5.43. The highest BCUT2D eigenvalue weighted by molar-refractivity contribution is 7.89. The molecular formula is C26H31FN2O7S. The lowest BCUT2D eigenvalue weighted by molar-refractivity contribution is -0.163. The number of benzene rings is 2. The zero-order valence-electron chi connectivity index (χ0n) is 21.1. The Morgan fingerprint density at radius 2 is 1.62 bits per heavy atom. The second-order valence-electron chi connectivity index (χ2n) is 9.08. The number of sulfonamides is 1. The minimum Gasteiger partial charge on any atom is -0.466 e. The number of nitrogens with zero attached hydrogens (tertiary/aromatic N) is 1. The van der Waals surface area contributed by atoms with E-state index in [9.17, 15) is 27.5 Å². The molecule has 4 unspecified atom stereocenters. The van der Waals surface area contributed by atoms with Gasteiger partial charge < -0.3 is 14.6 Å². The molecule has 3 rings (SSSR count). The maximum absolute atomic E-state index is 13.7. The SMILES string of the molecule is CCOC(=O)C1C(=NNS(=O)(=O)c2ccc(C)cc2)CC(C)(O)C(C(=O)OCC)C1c1ccc(F)cc1. The monoisotopic (exact) mass is 534 g/mol. The van der Waals surface area contributed by atoms with E-state index in [1.54, 1.807) is 26.0 Å². The van der Waals surface area contributed by atoms with Gasteiger partial charge in [-0.05, 0) is 57.5 Å². The van der Waals surface area contributed by atoms with Gasteiger partial charge in [-0.1, -0.05) is 29.8 Å². The van der Waals surface area contributed by atoms with E-state index in [-0.39, 0.29) is 30.2 Å². The molecule has 4 atom stereocenters. The molecule has 0 amide bonds. The normalized spacial score (nSPS) is 24.9. The molecule has 0 spiro atoms. The largest absolute Gasteiger partial charge is 0.466 e. The molecule has 1 fully saturated rings. The van der Waals surface area contributed by atoms with E-state index in [0.717, 1.165) is 5.56 Å². The van der Waals surface area contributed by atoms with Crippen LogP contribution in [0.4, 0.5) is 4.39 Å². The molecule has 0 radical (unpaired) electrons. The summed E-state index contributed by atoms with van der Waals surface area (Å²) in [7, 11) is -4.11. The summed E-state index contributed by atoms with van der Waals surface area (Å²) >= 11 is 0. The van der Waals surface area contributed by atoms with Crippen LogP contribution in [0.1, 0.15) is 44.2 Å². The molecule has 1 saturated carbocycles. The van der Waals surface area contributed by atoms with Gasteiger partial charge in [-0.2, -0.15) is 13.5 Å². The number of ether oxygens (including phenoxy) is 2. The first-order valence-corrected chi connectivity index (χ1v) is 13.4. The van der Waals surface area contributed by atoms with Crippen molar-refractivity contribution in [1.29, 1.82) is 0 Å². The van der Waals surface area contributed by atoms with Crippen molar-refractivity contribution in [2.24, 2.45) is 16.9 Å². The summed E-state index contributed by atoms with van der Waals surface area (Å²) in [5.41, 5.74) is -0.605. The fraction of sp³-hybridized carbons (Fsp3) is 0.423. The van der Waals surface area contributed by atoms with Crippen molar-refractivity contribution in [2.75, 3.05) is 13.2 Å². The van der Waals surface area contributed by atoms with Crippen molar-refractivity contribution in [2.45, 2.75) is 50.5 Å².